The first-order valence-electron chi connectivity index (χ1n) is 5.77. The van der Waals surface area contributed by atoms with E-state index in [2.05, 4.69) is 6.58 Å². The van der Waals surface area contributed by atoms with Crippen LogP contribution in [0.5, 0.6) is 23.0 Å². The molecule has 20 heavy (non-hydrogen) atoms. The van der Waals surface area contributed by atoms with Gasteiger partial charge in [0.1, 0.15) is 29.1 Å². The lowest BCUT2D eigenvalue weighted by Gasteiger charge is -2.11. The Kier molecular flexibility index (Phi) is 3.84. The van der Waals surface area contributed by atoms with Crippen molar-refractivity contribution in [3.05, 3.63) is 35.2 Å². The lowest BCUT2D eigenvalue weighted by molar-refractivity contribution is 0.344. The van der Waals surface area contributed by atoms with Gasteiger partial charge in [0.15, 0.2) is 5.75 Å². The molecule has 2 aromatic rings. The maximum Gasteiger partial charge on any atom is 0.383 e. The van der Waals surface area contributed by atoms with E-state index < -0.39 is 5.63 Å². The summed E-state index contributed by atoms with van der Waals surface area (Å²) in [5.41, 5.74) is -0.632. The van der Waals surface area contributed by atoms with Crippen molar-refractivity contribution in [1.29, 1.82) is 0 Å². The fourth-order valence-corrected chi connectivity index (χ4v) is 1.82. The highest BCUT2D eigenvalue weighted by Crippen LogP contribution is 2.40. The molecule has 2 rings (SSSR count). The van der Waals surface area contributed by atoms with Gasteiger partial charge in [-0.2, -0.15) is 0 Å². The first-order chi connectivity index (χ1) is 9.62. The summed E-state index contributed by atoms with van der Waals surface area (Å²) < 4.78 is 20.5. The SMILES string of the molecule is C=CCOc1cc(OC)c2c(O)c(OC)c(=O)oc2c1. The van der Waals surface area contributed by atoms with Gasteiger partial charge < -0.3 is 23.7 Å². The van der Waals surface area contributed by atoms with Crippen molar-refractivity contribution in [2.45, 2.75) is 0 Å². The van der Waals surface area contributed by atoms with E-state index in [0.717, 1.165) is 0 Å². The highest BCUT2D eigenvalue weighted by Gasteiger charge is 2.19. The van der Waals surface area contributed by atoms with Gasteiger partial charge in [-0.25, -0.2) is 4.79 Å². The van der Waals surface area contributed by atoms with Crippen LogP contribution in [0.2, 0.25) is 0 Å². The molecular formula is C14H14O6. The Morgan fingerprint density at radius 3 is 2.70 bits per heavy atom. The maximum absolute atomic E-state index is 11.7. The fraction of sp³-hybridized carbons (Fsp3) is 0.214. The number of hydrogen-bond acceptors (Lipinski definition) is 6. The number of rotatable bonds is 5. The molecule has 0 fully saturated rings. The second-order valence-corrected chi connectivity index (χ2v) is 3.87. The normalized spacial score (nSPS) is 10.3. The van der Waals surface area contributed by atoms with E-state index >= 15 is 0 Å². The average Bonchev–Trinajstić information content (AvgIpc) is 2.44. The monoisotopic (exact) mass is 278 g/mol. The second kappa shape index (κ2) is 5.56. The third-order valence-electron chi connectivity index (χ3n) is 2.67. The number of fused-ring (bicyclic) bond motifs is 1. The van der Waals surface area contributed by atoms with Gasteiger partial charge in [-0.15, -0.1) is 0 Å². The Morgan fingerprint density at radius 2 is 2.10 bits per heavy atom. The standard InChI is InChI=1S/C14H14O6/c1-4-5-19-8-6-9(17-2)11-10(7-8)20-14(16)13(18-3)12(11)15/h4,6-7,15H,1,5H2,2-3H3. The zero-order chi connectivity index (χ0) is 14.7. The minimum absolute atomic E-state index is 0.145. The summed E-state index contributed by atoms with van der Waals surface area (Å²) >= 11 is 0. The summed E-state index contributed by atoms with van der Waals surface area (Å²) in [6.07, 6.45) is 1.58. The molecule has 0 saturated heterocycles. The number of hydrogen-bond donors (Lipinski definition) is 1. The van der Waals surface area contributed by atoms with Crippen LogP contribution < -0.4 is 19.8 Å². The molecule has 0 unspecified atom stereocenters. The Bertz CT molecular complexity index is 701. The Labute approximate surface area is 114 Å². The number of aromatic hydroxyl groups is 1. The van der Waals surface area contributed by atoms with Crippen LogP contribution >= 0.6 is 0 Å². The molecule has 6 heteroatoms. The molecule has 1 aromatic heterocycles. The summed E-state index contributed by atoms with van der Waals surface area (Å²) in [7, 11) is 2.70. The van der Waals surface area contributed by atoms with E-state index in [1.807, 2.05) is 0 Å². The lowest BCUT2D eigenvalue weighted by Crippen LogP contribution is -2.05. The molecule has 6 nitrogen and oxygen atoms in total. The van der Waals surface area contributed by atoms with E-state index in [4.69, 9.17) is 18.6 Å². The number of ether oxygens (including phenoxy) is 3. The smallest absolute Gasteiger partial charge is 0.383 e. The van der Waals surface area contributed by atoms with Crippen LogP contribution in [0.3, 0.4) is 0 Å². The van der Waals surface area contributed by atoms with E-state index in [1.54, 1.807) is 12.1 Å². The van der Waals surface area contributed by atoms with Crippen LogP contribution in [0, 0.1) is 0 Å². The van der Waals surface area contributed by atoms with E-state index in [0.29, 0.717) is 18.1 Å². The van der Waals surface area contributed by atoms with Crippen LogP contribution in [0.4, 0.5) is 0 Å². The zero-order valence-electron chi connectivity index (χ0n) is 11.1. The molecule has 0 bridgehead atoms. The molecule has 0 aliphatic carbocycles. The van der Waals surface area contributed by atoms with Crippen molar-refractivity contribution >= 4 is 11.0 Å². The molecule has 0 atom stereocenters. The molecule has 0 radical (unpaired) electrons. The van der Waals surface area contributed by atoms with Gasteiger partial charge in [0.2, 0.25) is 5.75 Å². The quantitative estimate of drug-likeness (QED) is 0.666. The summed E-state index contributed by atoms with van der Waals surface area (Å²) in [6, 6.07) is 3.06. The van der Waals surface area contributed by atoms with Crippen LogP contribution in [-0.2, 0) is 0 Å². The summed E-state index contributed by atoms with van der Waals surface area (Å²) in [5.74, 6) is 0.143. The first-order valence-corrected chi connectivity index (χ1v) is 5.77. The van der Waals surface area contributed by atoms with Crippen LogP contribution in [0.1, 0.15) is 0 Å². The number of methoxy groups -OCH3 is 2. The zero-order valence-corrected chi connectivity index (χ0v) is 11.1. The lowest BCUT2D eigenvalue weighted by atomic mass is 10.2. The molecule has 1 N–H and O–H groups in total. The van der Waals surface area contributed by atoms with Crippen molar-refractivity contribution in [1.82, 2.24) is 0 Å². The Balaban J connectivity index is 2.73. The summed E-state index contributed by atoms with van der Waals surface area (Å²) in [5, 5.41) is 10.3. The van der Waals surface area contributed by atoms with Gasteiger partial charge in [-0.1, -0.05) is 12.7 Å². The molecule has 0 amide bonds. The molecular weight excluding hydrogens is 264 g/mol. The maximum atomic E-state index is 11.7. The number of benzene rings is 1. The van der Waals surface area contributed by atoms with E-state index in [1.165, 1.54) is 20.3 Å². The minimum Gasteiger partial charge on any atom is -0.503 e. The van der Waals surface area contributed by atoms with Crippen LogP contribution in [0.15, 0.2) is 34.0 Å². The molecule has 0 aliphatic rings. The molecule has 0 aliphatic heterocycles. The van der Waals surface area contributed by atoms with Gasteiger partial charge in [0, 0.05) is 12.1 Å². The van der Waals surface area contributed by atoms with Gasteiger partial charge >= 0.3 is 5.63 Å². The fourth-order valence-electron chi connectivity index (χ4n) is 1.82. The summed E-state index contributed by atoms with van der Waals surface area (Å²) in [4.78, 5) is 11.7. The van der Waals surface area contributed by atoms with Crippen molar-refractivity contribution in [2.75, 3.05) is 20.8 Å². The highest BCUT2D eigenvalue weighted by atomic mass is 16.5. The van der Waals surface area contributed by atoms with Crippen molar-refractivity contribution < 1.29 is 23.7 Å². The van der Waals surface area contributed by atoms with Gasteiger partial charge in [-0.3, -0.25) is 0 Å². The third kappa shape index (κ3) is 2.27. The molecule has 1 aromatic carbocycles. The van der Waals surface area contributed by atoms with Gasteiger partial charge in [-0.05, 0) is 0 Å². The van der Waals surface area contributed by atoms with Crippen molar-refractivity contribution in [2.24, 2.45) is 0 Å². The first kappa shape index (κ1) is 13.8. The Hall–Kier alpha value is -2.63. The topological polar surface area (TPSA) is 78.1 Å². The molecule has 1 heterocycles. The largest absolute Gasteiger partial charge is 0.503 e. The predicted octanol–water partition coefficient (Wildman–Crippen LogP) is 2.08. The molecule has 0 saturated carbocycles. The van der Waals surface area contributed by atoms with Gasteiger partial charge in [0.25, 0.3) is 0 Å². The van der Waals surface area contributed by atoms with Gasteiger partial charge in [0.05, 0.1) is 14.2 Å². The van der Waals surface area contributed by atoms with Crippen LogP contribution in [0.25, 0.3) is 11.0 Å². The third-order valence-corrected chi connectivity index (χ3v) is 2.67. The van der Waals surface area contributed by atoms with Crippen molar-refractivity contribution in [3.8, 4) is 23.0 Å². The van der Waals surface area contributed by atoms with Crippen molar-refractivity contribution in [3.63, 3.8) is 0 Å². The van der Waals surface area contributed by atoms with E-state index in [-0.39, 0.29) is 22.5 Å². The highest BCUT2D eigenvalue weighted by molar-refractivity contribution is 5.92. The molecule has 0 spiro atoms. The predicted molar refractivity (Wildman–Crippen MR) is 72.9 cm³/mol. The van der Waals surface area contributed by atoms with Crippen LogP contribution in [-0.4, -0.2) is 25.9 Å². The average molecular weight is 278 g/mol. The minimum atomic E-state index is -0.777. The molecule has 106 valence electrons. The summed E-state index contributed by atoms with van der Waals surface area (Å²) in [6.45, 7) is 3.84. The Morgan fingerprint density at radius 1 is 1.35 bits per heavy atom. The second-order valence-electron chi connectivity index (χ2n) is 3.87. The van der Waals surface area contributed by atoms with E-state index in [9.17, 15) is 9.90 Å².